The van der Waals surface area contributed by atoms with Crippen LogP contribution in [-0.2, 0) is 18.4 Å². The molecule has 0 aliphatic carbocycles. The van der Waals surface area contributed by atoms with Gasteiger partial charge in [0.1, 0.15) is 13.2 Å². The second-order valence-corrected chi connectivity index (χ2v) is 25.6. The number of phosphoric ester groups is 1. The molecule has 3 unspecified atom stereocenters. The van der Waals surface area contributed by atoms with Crippen molar-refractivity contribution in [3.8, 4) is 0 Å². The van der Waals surface area contributed by atoms with Crippen LogP contribution >= 0.6 is 7.82 Å². The molecule has 0 fully saturated rings. The van der Waals surface area contributed by atoms with Crippen LogP contribution in [0.4, 0.5) is 0 Å². The number of unbranched alkanes of at least 4 members (excludes halogenated alkanes) is 45. The van der Waals surface area contributed by atoms with E-state index in [1.165, 1.54) is 270 Å². The molecule has 8 nitrogen and oxygen atoms in total. The third-order valence-electron chi connectivity index (χ3n) is 15.3. The van der Waals surface area contributed by atoms with Crippen molar-refractivity contribution in [1.82, 2.24) is 5.32 Å². The van der Waals surface area contributed by atoms with Gasteiger partial charge in [-0.2, -0.15) is 0 Å². The van der Waals surface area contributed by atoms with Crippen molar-refractivity contribution in [2.75, 3.05) is 40.9 Å². The number of allylic oxidation sites excluding steroid dienone is 5. The molecular formula is C67H131N2O6P. The molecule has 9 heteroatoms. The fourth-order valence-electron chi connectivity index (χ4n) is 10.1. The average Bonchev–Trinajstić information content (AvgIpc) is 3.38. The standard InChI is InChI=1S/C67H131N2O6P/c1-6-8-10-12-14-16-18-20-22-24-26-28-30-32-33-34-35-36-37-39-41-43-45-47-49-51-53-55-57-59-61-67(71)68-65(64-75-76(72,73)74-63-62-69(3,4)5)66(70)60-58-56-54-52-50-48-46-44-42-40-38-31-29-27-25-23-21-19-17-15-13-11-9-7-2/h42,44,50,52,58,60,65-66,70H,6-41,43,45-49,51,53-57,59,61-64H2,1-5H3,(H-,68,71,72,73)/b44-42+,52-50+,60-58+. The number of rotatable bonds is 62. The Hall–Kier alpha value is -1.28. The first-order chi connectivity index (χ1) is 37.0. The molecule has 1 amide bonds. The predicted octanol–water partition coefficient (Wildman–Crippen LogP) is 20.3. The Balaban J connectivity index is 4.12. The molecule has 0 heterocycles. The normalized spacial score (nSPS) is 13.9. The van der Waals surface area contributed by atoms with Gasteiger partial charge in [-0.25, -0.2) is 0 Å². The van der Waals surface area contributed by atoms with Crippen LogP contribution in [0.15, 0.2) is 36.5 Å². The Morgan fingerprint density at radius 3 is 1.07 bits per heavy atom. The number of hydrogen-bond acceptors (Lipinski definition) is 6. The highest BCUT2D eigenvalue weighted by Gasteiger charge is 2.23. The Morgan fingerprint density at radius 2 is 0.737 bits per heavy atom. The van der Waals surface area contributed by atoms with E-state index >= 15 is 0 Å². The largest absolute Gasteiger partial charge is 0.756 e. The monoisotopic (exact) mass is 1090 g/mol. The molecule has 0 spiro atoms. The van der Waals surface area contributed by atoms with E-state index in [-0.39, 0.29) is 12.5 Å². The summed E-state index contributed by atoms with van der Waals surface area (Å²) in [6, 6.07) is -0.909. The second-order valence-electron chi connectivity index (χ2n) is 24.2. The second kappa shape index (κ2) is 58.4. The van der Waals surface area contributed by atoms with Gasteiger partial charge in [-0.15, -0.1) is 0 Å². The van der Waals surface area contributed by atoms with Crippen LogP contribution in [0.3, 0.4) is 0 Å². The van der Waals surface area contributed by atoms with Gasteiger partial charge in [0.2, 0.25) is 5.91 Å². The summed E-state index contributed by atoms with van der Waals surface area (Å²) >= 11 is 0. The van der Waals surface area contributed by atoms with Crippen molar-refractivity contribution in [2.24, 2.45) is 0 Å². The lowest BCUT2D eigenvalue weighted by molar-refractivity contribution is -0.870. The molecule has 450 valence electrons. The summed E-state index contributed by atoms with van der Waals surface area (Å²) in [6.45, 7) is 4.67. The van der Waals surface area contributed by atoms with Crippen LogP contribution in [0.1, 0.15) is 335 Å². The van der Waals surface area contributed by atoms with Gasteiger partial charge in [0.25, 0.3) is 7.82 Å². The zero-order valence-electron chi connectivity index (χ0n) is 51.5. The van der Waals surface area contributed by atoms with Crippen molar-refractivity contribution in [3.63, 3.8) is 0 Å². The fourth-order valence-corrected chi connectivity index (χ4v) is 10.9. The Labute approximate surface area is 474 Å². The molecule has 2 N–H and O–H groups in total. The third-order valence-corrected chi connectivity index (χ3v) is 16.3. The maximum atomic E-state index is 13.0. The molecule has 0 aliphatic rings. The van der Waals surface area contributed by atoms with Crippen LogP contribution in [0.2, 0.25) is 0 Å². The number of nitrogens with zero attached hydrogens (tertiary/aromatic N) is 1. The molecule has 0 radical (unpaired) electrons. The predicted molar refractivity (Wildman–Crippen MR) is 330 cm³/mol. The highest BCUT2D eigenvalue weighted by atomic mass is 31.2. The van der Waals surface area contributed by atoms with Gasteiger partial charge >= 0.3 is 0 Å². The van der Waals surface area contributed by atoms with Crippen molar-refractivity contribution < 1.29 is 32.9 Å². The number of aliphatic hydroxyl groups excluding tert-OH is 1. The molecule has 0 aromatic carbocycles. The van der Waals surface area contributed by atoms with Gasteiger partial charge in [0.15, 0.2) is 0 Å². The number of likely N-dealkylation sites (N-methyl/N-ethyl adjacent to an activating group) is 1. The van der Waals surface area contributed by atoms with E-state index in [1.807, 2.05) is 27.2 Å². The first-order valence-corrected chi connectivity index (χ1v) is 34.8. The summed E-state index contributed by atoms with van der Waals surface area (Å²) < 4.78 is 23.4. The van der Waals surface area contributed by atoms with Crippen molar-refractivity contribution in [3.05, 3.63) is 36.5 Å². The zero-order chi connectivity index (χ0) is 55.6. The number of carbonyl (C=O) groups is 1. The van der Waals surface area contributed by atoms with Gasteiger partial charge in [-0.3, -0.25) is 9.36 Å². The number of quaternary nitrogens is 1. The van der Waals surface area contributed by atoms with E-state index in [0.29, 0.717) is 17.4 Å². The summed E-state index contributed by atoms with van der Waals surface area (Å²) in [5, 5.41) is 13.9. The van der Waals surface area contributed by atoms with Crippen LogP contribution in [0.5, 0.6) is 0 Å². The molecular weight excluding hydrogens is 960 g/mol. The summed E-state index contributed by atoms with van der Waals surface area (Å²) in [4.78, 5) is 25.6. The quantitative estimate of drug-likeness (QED) is 0.0272. The lowest BCUT2D eigenvalue weighted by atomic mass is 10.0. The van der Waals surface area contributed by atoms with Gasteiger partial charge < -0.3 is 28.8 Å². The molecule has 0 aromatic rings. The van der Waals surface area contributed by atoms with Crippen molar-refractivity contribution in [2.45, 2.75) is 347 Å². The van der Waals surface area contributed by atoms with Crippen LogP contribution in [-0.4, -0.2) is 68.5 Å². The number of nitrogens with one attached hydrogen (secondary N) is 1. The number of hydrogen-bond donors (Lipinski definition) is 2. The van der Waals surface area contributed by atoms with E-state index in [2.05, 4.69) is 43.5 Å². The minimum Gasteiger partial charge on any atom is -0.756 e. The van der Waals surface area contributed by atoms with Crippen molar-refractivity contribution in [1.29, 1.82) is 0 Å². The Bertz CT molecular complexity index is 1330. The van der Waals surface area contributed by atoms with E-state index in [9.17, 15) is 19.4 Å². The topological polar surface area (TPSA) is 108 Å². The third kappa shape index (κ3) is 60.4. The van der Waals surface area contributed by atoms with E-state index in [4.69, 9.17) is 9.05 Å². The highest BCUT2D eigenvalue weighted by Crippen LogP contribution is 2.38. The maximum Gasteiger partial charge on any atom is 0.268 e. The van der Waals surface area contributed by atoms with Gasteiger partial charge in [-0.05, 0) is 44.9 Å². The van der Waals surface area contributed by atoms with Crippen molar-refractivity contribution >= 4 is 13.7 Å². The molecule has 0 saturated carbocycles. The minimum atomic E-state index is -4.61. The lowest BCUT2D eigenvalue weighted by Gasteiger charge is -2.29. The summed E-state index contributed by atoms with van der Waals surface area (Å²) in [5.74, 6) is -0.204. The Kier molecular flexibility index (Phi) is 57.4. The number of carbonyl (C=O) groups excluding carboxylic acids is 1. The highest BCUT2D eigenvalue weighted by molar-refractivity contribution is 7.45. The maximum absolute atomic E-state index is 13.0. The zero-order valence-corrected chi connectivity index (χ0v) is 52.4. The van der Waals surface area contributed by atoms with E-state index in [1.54, 1.807) is 6.08 Å². The average molecular weight is 1090 g/mol. The summed E-state index contributed by atoms with van der Waals surface area (Å²) in [6.07, 6.45) is 76.9. The smallest absolute Gasteiger partial charge is 0.268 e. The molecule has 76 heavy (non-hydrogen) atoms. The van der Waals surface area contributed by atoms with Gasteiger partial charge in [-0.1, -0.05) is 320 Å². The SMILES string of the molecule is CCCCCCCCCCCCCCCC/C=C/CC/C=C/CC/C=C/C(O)C(COP(=O)([O-])OCC[N+](C)(C)C)NC(=O)CCCCCCCCCCCCCCCCCCCCCCCCCCCCCCCC. The molecule has 3 atom stereocenters. The number of amides is 1. The van der Waals surface area contributed by atoms with Crippen LogP contribution < -0.4 is 10.2 Å². The van der Waals surface area contributed by atoms with E-state index < -0.39 is 26.6 Å². The first kappa shape index (κ1) is 74.7. The molecule has 0 aliphatic heterocycles. The van der Waals surface area contributed by atoms with Crippen LogP contribution in [0, 0.1) is 0 Å². The molecule has 0 rings (SSSR count). The molecule has 0 bridgehead atoms. The lowest BCUT2D eigenvalue weighted by Crippen LogP contribution is -2.45. The summed E-state index contributed by atoms with van der Waals surface area (Å²) in [7, 11) is 1.25. The first-order valence-electron chi connectivity index (χ1n) is 33.4. The number of phosphoric acid groups is 1. The Morgan fingerprint density at radius 1 is 0.447 bits per heavy atom. The number of aliphatic hydroxyl groups is 1. The molecule has 0 saturated heterocycles. The van der Waals surface area contributed by atoms with Gasteiger partial charge in [0.05, 0.1) is 39.9 Å². The van der Waals surface area contributed by atoms with Gasteiger partial charge in [0, 0.05) is 6.42 Å². The summed E-state index contributed by atoms with van der Waals surface area (Å²) in [5.41, 5.74) is 0. The van der Waals surface area contributed by atoms with Crippen LogP contribution in [0.25, 0.3) is 0 Å². The molecule has 0 aromatic heterocycles. The fraction of sp³-hybridized carbons (Fsp3) is 0.896. The minimum absolute atomic E-state index is 0.00716. The van der Waals surface area contributed by atoms with E-state index in [0.717, 1.165) is 44.9 Å².